The summed E-state index contributed by atoms with van der Waals surface area (Å²) in [5.74, 6) is 1.50. The molecule has 5 heteroatoms. The first-order chi connectivity index (χ1) is 8.67. The number of hydrogen-bond donors (Lipinski definition) is 1. The quantitative estimate of drug-likeness (QED) is 0.727. The number of para-hydroxylation sites is 2. The Balaban J connectivity index is 2.42. The van der Waals surface area contributed by atoms with Gasteiger partial charge in [-0.05, 0) is 18.7 Å². The van der Waals surface area contributed by atoms with Crippen LogP contribution in [0.25, 0.3) is 0 Å². The van der Waals surface area contributed by atoms with Crippen molar-refractivity contribution in [2.75, 3.05) is 33.4 Å². The second-order valence-corrected chi connectivity index (χ2v) is 4.36. The molecule has 0 fully saturated rings. The van der Waals surface area contributed by atoms with Gasteiger partial charge in [-0.25, -0.2) is 0 Å². The smallest absolute Gasteiger partial charge is 0.161 e. The minimum Gasteiger partial charge on any atom is -0.493 e. The van der Waals surface area contributed by atoms with E-state index in [2.05, 4.69) is 11.8 Å². The van der Waals surface area contributed by atoms with Gasteiger partial charge in [-0.3, -0.25) is 4.90 Å². The highest BCUT2D eigenvalue weighted by Crippen LogP contribution is 2.25. The highest BCUT2D eigenvalue weighted by atomic mass is 32.1. The molecule has 0 amide bonds. The first-order valence-corrected chi connectivity index (χ1v) is 6.34. The number of ether oxygens (including phenoxy) is 2. The summed E-state index contributed by atoms with van der Waals surface area (Å²) in [6, 6.07) is 7.60. The maximum absolute atomic E-state index is 5.69. The van der Waals surface area contributed by atoms with E-state index < -0.39 is 0 Å². The Morgan fingerprint density at radius 1 is 1.33 bits per heavy atom. The molecule has 0 aliphatic heterocycles. The zero-order valence-corrected chi connectivity index (χ0v) is 11.7. The lowest BCUT2D eigenvalue weighted by molar-refractivity contribution is 0.227. The van der Waals surface area contributed by atoms with E-state index in [0.29, 0.717) is 18.1 Å². The second-order valence-electron chi connectivity index (χ2n) is 3.83. The van der Waals surface area contributed by atoms with Crippen molar-refractivity contribution in [3.8, 4) is 11.5 Å². The number of rotatable bonds is 8. The van der Waals surface area contributed by atoms with Gasteiger partial charge in [0.15, 0.2) is 11.5 Å². The zero-order valence-electron chi connectivity index (χ0n) is 10.9. The van der Waals surface area contributed by atoms with Crippen LogP contribution in [0.2, 0.25) is 0 Å². The third-order valence-electron chi connectivity index (χ3n) is 2.56. The lowest BCUT2D eigenvalue weighted by Crippen LogP contribution is -2.35. The van der Waals surface area contributed by atoms with Gasteiger partial charge in [0.25, 0.3) is 0 Å². The Morgan fingerprint density at radius 2 is 2.00 bits per heavy atom. The van der Waals surface area contributed by atoms with Crippen molar-refractivity contribution in [2.24, 2.45) is 5.73 Å². The fraction of sp³-hybridized carbons (Fsp3) is 0.462. The molecular weight excluding hydrogens is 248 g/mol. The molecule has 4 nitrogen and oxygen atoms in total. The van der Waals surface area contributed by atoms with Gasteiger partial charge in [0, 0.05) is 13.1 Å². The topological polar surface area (TPSA) is 47.7 Å². The van der Waals surface area contributed by atoms with Gasteiger partial charge in [0.05, 0.1) is 12.1 Å². The van der Waals surface area contributed by atoms with Crippen molar-refractivity contribution >= 4 is 17.2 Å². The van der Waals surface area contributed by atoms with Crippen molar-refractivity contribution in [1.29, 1.82) is 0 Å². The van der Waals surface area contributed by atoms with Crippen LogP contribution in [0.5, 0.6) is 11.5 Å². The van der Waals surface area contributed by atoms with Gasteiger partial charge in [-0.1, -0.05) is 31.3 Å². The van der Waals surface area contributed by atoms with Crippen LogP contribution in [0.15, 0.2) is 24.3 Å². The fourth-order valence-corrected chi connectivity index (χ4v) is 1.77. The zero-order chi connectivity index (χ0) is 13.4. The monoisotopic (exact) mass is 268 g/mol. The van der Waals surface area contributed by atoms with Crippen LogP contribution >= 0.6 is 12.2 Å². The number of benzene rings is 1. The Hall–Kier alpha value is -1.33. The van der Waals surface area contributed by atoms with E-state index in [1.165, 1.54) is 0 Å². The first-order valence-electron chi connectivity index (χ1n) is 5.93. The van der Waals surface area contributed by atoms with E-state index in [1.54, 1.807) is 7.11 Å². The summed E-state index contributed by atoms with van der Waals surface area (Å²) in [4.78, 5) is 2.65. The largest absolute Gasteiger partial charge is 0.493 e. The minimum absolute atomic E-state index is 0.508. The Bertz CT molecular complexity index is 385. The van der Waals surface area contributed by atoms with Crippen molar-refractivity contribution in [1.82, 2.24) is 4.90 Å². The highest BCUT2D eigenvalue weighted by Gasteiger charge is 2.06. The molecule has 0 heterocycles. The van der Waals surface area contributed by atoms with Crippen molar-refractivity contribution in [3.05, 3.63) is 24.3 Å². The lowest BCUT2D eigenvalue weighted by Gasteiger charge is -2.20. The summed E-state index contributed by atoms with van der Waals surface area (Å²) in [5.41, 5.74) is 5.53. The normalized spacial score (nSPS) is 10.4. The van der Waals surface area contributed by atoms with Crippen molar-refractivity contribution < 1.29 is 9.47 Å². The van der Waals surface area contributed by atoms with Crippen LogP contribution in [0.1, 0.15) is 6.92 Å². The summed E-state index contributed by atoms with van der Waals surface area (Å²) >= 11 is 4.90. The number of methoxy groups -OCH3 is 1. The fourth-order valence-electron chi connectivity index (χ4n) is 1.59. The summed E-state index contributed by atoms with van der Waals surface area (Å²) in [7, 11) is 1.63. The standard InChI is InChI=1S/C13H20N2O2S/c1-3-15(10-13(14)18)8-9-17-12-7-5-4-6-11(12)16-2/h4-7H,3,8-10H2,1-2H3,(H2,14,18). The maximum atomic E-state index is 5.69. The molecule has 1 aromatic carbocycles. The number of hydrogen-bond acceptors (Lipinski definition) is 4. The van der Waals surface area contributed by atoms with Crippen LogP contribution in [0.4, 0.5) is 0 Å². The van der Waals surface area contributed by atoms with Crippen LogP contribution < -0.4 is 15.2 Å². The number of likely N-dealkylation sites (N-methyl/N-ethyl adjacent to an activating group) is 1. The summed E-state index contributed by atoms with van der Waals surface area (Å²) in [6.45, 7) is 4.96. The van der Waals surface area contributed by atoms with E-state index in [1.807, 2.05) is 24.3 Å². The summed E-state index contributed by atoms with van der Waals surface area (Å²) in [5, 5.41) is 0. The molecule has 0 saturated heterocycles. The first kappa shape index (κ1) is 14.7. The lowest BCUT2D eigenvalue weighted by atomic mass is 10.3. The van der Waals surface area contributed by atoms with Crippen LogP contribution in [0, 0.1) is 0 Å². The number of nitrogens with two attached hydrogens (primary N) is 1. The molecule has 0 aliphatic rings. The summed E-state index contributed by atoms with van der Waals surface area (Å²) < 4.78 is 10.9. The van der Waals surface area contributed by atoms with Crippen molar-refractivity contribution in [2.45, 2.75) is 6.92 Å². The van der Waals surface area contributed by atoms with E-state index in [4.69, 9.17) is 27.4 Å². The molecule has 1 rings (SSSR count). The van der Waals surface area contributed by atoms with E-state index >= 15 is 0 Å². The van der Waals surface area contributed by atoms with E-state index in [9.17, 15) is 0 Å². The highest BCUT2D eigenvalue weighted by molar-refractivity contribution is 7.80. The average Bonchev–Trinajstić information content (AvgIpc) is 2.37. The third kappa shape index (κ3) is 4.89. The maximum Gasteiger partial charge on any atom is 0.161 e. The predicted octanol–water partition coefficient (Wildman–Crippen LogP) is 1.68. The van der Waals surface area contributed by atoms with Crippen molar-refractivity contribution in [3.63, 3.8) is 0 Å². The molecule has 0 atom stereocenters. The van der Waals surface area contributed by atoms with Gasteiger partial charge in [-0.2, -0.15) is 0 Å². The molecule has 100 valence electrons. The van der Waals surface area contributed by atoms with Gasteiger partial charge in [0.1, 0.15) is 6.61 Å². The molecule has 0 unspecified atom stereocenters. The molecule has 1 aromatic rings. The van der Waals surface area contributed by atoms with E-state index in [0.717, 1.165) is 24.6 Å². The Kier molecular flexibility index (Phi) is 6.46. The average molecular weight is 268 g/mol. The molecule has 0 radical (unpaired) electrons. The summed E-state index contributed by atoms with van der Waals surface area (Å²) in [6.07, 6.45) is 0. The molecular formula is C13H20N2O2S. The predicted molar refractivity (Wildman–Crippen MR) is 77.4 cm³/mol. The SMILES string of the molecule is CCN(CCOc1ccccc1OC)CC(N)=S. The Morgan fingerprint density at radius 3 is 2.56 bits per heavy atom. The molecule has 0 spiro atoms. The minimum atomic E-state index is 0.508. The molecule has 0 aliphatic carbocycles. The number of thiocarbonyl (C=S) groups is 1. The van der Waals surface area contributed by atoms with Gasteiger partial charge >= 0.3 is 0 Å². The van der Waals surface area contributed by atoms with Gasteiger partial charge in [0.2, 0.25) is 0 Å². The van der Waals surface area contributed by atoms with Crippen LogP contribution in [-0.2, 0) is 0 Å². The van der Waals surface area contributed by atoms with Crippen LogP contribution in [-0.4, -0.2) is 43.2 Å². The molecule has 0 aromatic heterocycles. The van der Waals surface area contributed by atoms with Crippen LogP contribution in [0.3, 0.4) is 0 Å². The molecule has 0 bridgehead atoms. The second kappa shape index (κ2) is 7.89. The van der Waals surface area contributed by atoms with Gasteiger partial charge in [-0.15, -0.1) is 0 Å². The molecule has 0 saturated carbocycles. The van der Waals surface area contributed by atoms with E-state index in [-0.39, 0.29) is 0 Å². The number of nitrogens with zero attached hydrogens (tertiary/aromatic N) is 1. The molecule has 2 N–H and O–H groups in total. The molecule has 18 heavy (non-hydrogen) atoms. The third-order valence-corrected chi connectivity index (χ3v) is 2.69. The Labute approximate surface area is 114 Å². The van der Waals surface area contributed by atoms with Gasteiger partial charge < -0.3 is 15.2 Å².